The molecule has 1 aliphatic rings. The molecule has 1 fully saturated rings. The van der Waals surface area contributed by atoms with Crippen LogP contribution in [-0.4, -0.2) is 50.3 Å². The van der Waals surface area contributed by atoms with Gasteiger partial charge in [-0.1, -0.05) is 29.8 Å². The molecule has 9 heteroatoms. The van der Waals surface area contributed by atoms with Crippen LogP contribution in [-0.2, 0) is 20.4 Å². The highest BCUT2D eigenvalue weighted by atomic mass is 32.2. The minimum Gasteiger partial charge on any atom is -0.362 e. The fraction of sp³-hybridized carbons (Fsp3) is 0.350. The second kappa shape index (κ2) is 8.20. The summed E-state index contributed by atoms with van der Waals surface area (Å²) in [5.41, 5.74) is 1.78. The van der Waals surface area contributed by atoms with E-state index in [2.05, 4.69) is 0 Å². The third-order valence-corrected chi connectivity index (χ3v) is 6.73. The Morgan fingerprint density at radius 2 is 1.69 bits per heavy atom. The molecule has 1 amide bonds. The van der Waals surface area contributed by atoms with Gasteiger partial charge in [0.05, 0.1) is 15.6 Å². The van der Waals surface area contributed by atoms with E-state index < -0.39 is 14.8 Å². The lowest BCUT2D eigenvalue weighted by atomic mass is 10.2. The number of hydrogen-bond donors (Lipinski definition) is 0. The maximum absolute atomic E-state index is 12.8. The summed E-state index contributed by atoms with van der Waals surface area (Å²) >= 11 is 0. The molecule has 0 spiro atoms. The van der Waals surface area contributed by atoms with Crippen LogP contribution in [0.5, 0.6) is 0 Å². The summed E-state index contributed by atoms with van der Waals surface area (Å²) in [5.74, 6) is -0.252. The minimum atomic E-state index is -3.73. The largest absolute Gasteiger partial charge is 0.362 e. The van der Waals surface area contributed by atoms with Crippen molar-refractivity contribution >= 4 is 27.1 Å². The molecular formula is C20H23N3O5S. The number of sulfone groups is 1. The smallest absolute Gasteiger partial charge is 0.293 e. The van der Waals surface area contributed by atoms with E-state index in [1.807, 2.05) is 24.0 Å². The lowest BCUT2D eigenvalue weighted by Crippen LogP contribution is -2.48. The molecule has 0 N–H and O–H groups in total. The molecule has 1 saturated heterocycles. The zero-order chi connectivity index (χ0) is 21.2. The Morgan fingerprint density at radius 3 is 2.24 bits per heavy atom. The Hall–Kier alpha value is -2.94. The molecule has 0 aromatic heterocycles. The van der Waals surface area contributed by atoms with Crippen LogP contribution in [0.25, 0.3) is 0 Å². The van der Waals surface area contributed by atoms with Gasteiger partial charge in [0.15, 0.2) is 9.84 Å². The van der Waals surface area contributed by atoms with Crippen molar-refractivity contribution in [3.05, 3.63) is 63.7 Å². The van der Waals surface area contributed by atoms with Crippen molar-refractivity contribution in [1.82, 2.24) is 4.90 Å². The molecule has 0 bridgehead atoms. The van der Waals surface area contributed by atoms with Gasteiger partial charge in [-0.2, -0.15) is 0 Å². The van der Waals surface area contributed by atoms with Crippen LogP contribution in [0.2, 0.25) is 0 Å². The van der Waals surface area contributed by atoms with Crippen LogP contribution < -0.4 is 4.90 Å². The van der Waals surface area contributed by atoms with Crippen molar-refractivity contribution in [2.75, 3.05) is 31.1 Å². The monoisotopic (exact) mass is 417 g/mol. The van der Waals surface area contributed by atoms with Gasteiger partial charge in [0.1, 0.15) is 5.69 Å². The van der Waals surface area contributed by atoms with Gasteiger partial charge >= 0.3 is 0 Å². The third-order valence-electron chi connectivity index (χ3n) is 5.05. The van der Waals surface area contributed by atoms with E-state index in [4.69, 9.17) is 0 Å². The van der Waals surface area contributed by atoms with E-state index in [0.717, 1.165) is 11.6 Å². The summed E-state index contributed by atoms with van der Waals surface area (Å²) < 4.78 is 25.6. The molecule has 0 radical (unpaired) electrons. The molecule has 0 aliphatic carbocycles. The number of piperazine rings is 1. The van der Waals surface area contributed by atoms with Gasteiger partial charge in [0, 0.05) is 39.2 Å². The first kappa shape index (κ1) is 20.8. The molecule has 8 nitrogen and oxygen atoms in total. The highest BCUT2D eigenvalue weighted by molar-refractivity contribution is 7.90. The molecule has 3 rings (SSSR count). The van der Waals surface area contributed by atoms with Gasteiger partial charge in [-0.05, 0) is 24.6 Å². The van der Waals surface area contributed by atoms with Crippen LogP contribution in [0.1, 0.15) is 18.1 Å². The van der Waals surface area contributed by atoms with Crippen molar-refractivity contribution in [2.24, 2.45) is 0 Å². The summed E-state index contributed by atoms with van der Waals surface area (Å²) in [4.78, 5) is 26.0. The lowest BCUT2D eigenvalue weighted by Gasteiger charge is -2.35. The van der Waals surface area contributed by atoms with Crippen molar-refractivity contribution < 1.29 is 18.1 Å². The summed E-state index contributed by atoms with van der Waals surface area (Å²) in [6.07, 6.45) is 0. The Balaban J connectivity index is 1.87. The standard InChI is InChI=1S/C20H23N3O5S/c1-15-3-5-17(6-4-15)14-29(27,28)18-7-8-19(20(13-18)23(25)26)22-11-9-21(10-12-22)16(2)24/h3-8,13H,9-12,14H2,1-2H3. The number of aryl methyl sites for hydroxylation is 1. The molecule has 1 aliphatic heterocycles. The van der Waals surface area contributed by atoms with Crippen molar-refractivity contribution in [1.29, 1.82) is 0 Å². The second-order valence-electron chi connectivity index (χ2n) is 7.15. The zero-order valence-electron chi connectivity index (χ0n) is 16.4. The van der Waals surface area contributed by atoms with Crippen LogP contribution in [0, 0.1) is 17.0 Å². The number of anilines is 1. The first-order chi connectivity index (χ1) is 13.7. The average molecular weight is 417 g/mol. The molecule has 154 valence electrons. The Labute approximate surface area is 169 Å². The van der Waals surface area contributed by atoms with Gasteiger partial charge in [-0.3, -0.25) is 14.9 Å². The third kappa shape index (κ3) is 4.73. The lowest BCUT2D eigenvalue weighted by molar-refractivity contribution is -0.384. The first-order valence-corrected chi connectivity index (χ1v) is 10.9. The summed E-state index contributed by atoms with van der Waals surface area (Å²) in [6, 6.07) is 11.2. The van der Waals surface area contributed by atoms with E-state index in [-0.39, 0.29) is 22.2 Å². The molecule has 2 aromatic rings. The maximum Gasteiger partial charge on any atom is 0.293 e. The van der Waals surface area contributed by atoms with Crippen LogP contribution in [0.3, 0.4) is 0 Å². The fourth-order valence-electron chi connectivity index (χ4n) is 3.36. The van der Waals surface area contributed by atoms with E-state index >= 15 is 0 Å². The van der Waals surface area contributed by atoms with Crippen molar-refractivity contribution in [3.8, 4) is 0 Å². The number of hydrogen-bond acceptors (Lipinski definition) is 6. The topological polar surface area (TPSA) is 101 Å². The molecule has 1 heterocycles. The van der Waals surface area contributed by atoms with E-state index in [1.54, 1.807) is 17.0 Å². The van der Waals surface area contributed by atoms with Gasteiger partial charge in [-0.25, -0.2) is 8.42 Å². The van der Waals surface area contributed by atoms with Gasteiger partial charge in [-0.15, -0.1) is 0 Å². The molecule has 2 aromatic carbocycles. The number of nitro groups is 1. The van der Waals surface area contributed by atoms with Gasteiger partial charge < -0.3 is 9.80 Å². The maximum atomic E-state index is 12.8. The molecule has 0 saturated carbocycles. The summed E-state index contributed by atoms with van der Waals surface area (Å²) in [6.45, 7) is 5.26. The number of carbonyl (C=O) groups excluding carboxylic acids is 1. The van der Waals surface area contributed by atoms with E-state index in [0.29, 0.717) is 37.4 Å². The molecular weight excluding hydrogens is 394 g/mol. The Bertz CT molecular complexity index is 1030. The Kier molecular flexibility index (Phi) is 5.88. The first-order valence-electron chi connectivity index (χ1n) is 9.24. The SMILES string of the molecule is CC(=O)N1CCN(c2ccc(S(=O)(=O)Cc3ccc(C)cc3)cc2[N+](=O)[O-])CC1. The summed E-state index contributed by atoms with van der Waals surface area (Å²) in [7, 11) is -3.73. The number of carbonyl (C=O) groups is 1. The number of nitrogens with zero attached hydrogens (tertiary/aromatic N) is 3. The van der Waals surface area contributed by atoms with Crippen molar-refractivity contribution in [3.63, 3.8) is 0 Å². The number of nitro benzene ring substituents is 1. The Morgan fingerprint density at radius 1 is 1.07 bits per heavy atom. The fourth-order valence-corrected chi connectivity index (χ4v) is 4.72. The molecule has 29 heavy (non-hydrogen) atoms. The van der Waals surface area contributed by atoms with E-state index in [1.165, 1.54) is 19.1 Å². The number of amides is 1. The zero-order valence-corrected chi connectivity index (χ0v) is 17.2. The highest BCUT2D eigenvalue weighted by Crippen LogP contribution is 2.32. The summed E-state index contributed by atoms with van der Waals surface area (Å²) in [5, 5.41) is 11.6. The predicted octanol–water partition coefficient (Wildman–Crippen LogP) is 2.55. The number of rotatable bonds is 5. The second-order valence-corrected chi connectivity index (χ2v) is 9.14. The molecule has 0 atom stereocenters. The molecule has 0 unspecified atom stereocenters. The highest BCUT2D eigenvalue weighted by Gasteiger charge is 2.27. The van der Waals surface area contributed by atoms with E-state index in [9.17, 15) is 23.3 Å². The average Bonchev–Trinajstić information content (AvgIpc) is 2.69. The van der Waals surface area contributed by atoms with Crippen LogP contribution in [0.15, 0.2) is 47.4 Å². The predicted molar refractivity (Wildman–Crippen MR) is 110 cm³/mol. The van der Waals surface area contributed by atoms with Crippen LogP contribution >= 0.6 is 0 Å². The number of benzene rings is 2. The van der Waals surface area contributed by atoms with Gasteiger partial charge in [0.2, 0.25) is 5.91 Å². The quantitative estimate of drug-likeness (QED) is 0.547. The normalized spacial score (nSPS) is 14.7. The van der Waals surface area contributed by atoms with Gasteiger partial charge in [0.25, 0.3) is 5.69 Å². The minimum absolute atomic E-state index is 0.0308. The van der Waals surface area contributed by atoms with Crippen molar-refractivity contribution in [2.45, 2.75) is 24.5 Å². The van der Waals surface area contributed by atoms with Crippen LogP contribution in [0.4, 0.5) is 11.4 Å².